The largest absolute Gasteiger partial charge is 0.347 e. The summed E-state index contributed by atoms with van der Waals surface area (Å²) in [6.07, 6.45) is 1.92. The van der Waals surface area contributed by atoms with Gasteiger partial charge in [-0.05, 0) is 35.1 Å². The molecule has 1 N–H and O–H groups in total. The van der Waals surface area contributed by atoms with E-state index in [9.17, 15) is 0 Å². The Hall–Kier alpha value is -3.66. The number of tetrazole rings is 1. The number of H-pyrrole nitrogens is 1. The summed E-state index contributed by atoms with van der Waals surface area (Å²) in [4.78, 5) is 16.3. The minimum absolute atomic E-state index is 0.608. The lowest BCUT2D eigenvalue weighted by atomic mass is 10.0. The van der Waals surface area contributed by atoms with Crippen molar-refractivity contribution in [3.63, 3.8) is 0 Å². The number of aromatic nitrogens is 8. The molecule has 0 saturated heterocycles. The lowest BCUT2D eigenvalue weighted by Gasteiger charge is -2.13. The Kier molecular flexibility index (Phi) is 5.59. The zero-order valence-corrected chi connectivity index (χ0v) is 19.9. The zero-order chi connectivity index (χ0) is 22.9. The normalized spacial score (nSPS) is 11.4. The first-order valence-electron chi connectivity index (χ1n) is 10.9. The fourth-order valence-electron chi connectivity index (χ4n) is 3.89. The van der Waals surface area contributed by atoms with Crippen LogP contribution in [-0.4, -0.2) is 54.2 Å². The van der Waals surface area contributed by atoms with Crippen molar-refractivity contribution >= 4 is 28.4 Å². The molecular weight excluding hydrogens is 434 g/mol. The molecule has 0 radical (unpaired) electrons. The van der Waals surface area contributed by atoms with Crippen LogP contribution in [0.3, 0.4) is 0 Å². The maximum absolute atomic E-state index is 4.89. The maximum Gasteiger partial charge on any atom is 0.227 e. The van der Waals surface area contributed by atoms with Gasteiger partial charge in [0.1, 0.15) is 11.3 Å². The van der Waals surface area contributed by atoms with Gasteiger partial charge in [-0.3, -0.25) is 0 Å². The van der Waals surface area contributed by atoms with E-state index in [-0.39, 0.29) is 0 Å². The van der Waals surface area contributed by atoms with Gasteiger partial charge in [0.25, 0.3) is 0 Å². The molecule has 0 saturated carbocycles. The molecule has 9 nitrogen and oxygen atoms in total. The van der Waals surface area contributed by atoms with Crippen molar-refractivity contribution in [2.24, 2.45) is 0 Å². The van der Waals surface area contributed by atoms with Gasteiger partial charge in [-0.1, -0.05) is 31.2 Å². The summed E-state index contributed by atoms with van der Waals surface area (Å²) in [7, 11) is 3.92. The Morgan fingerprint density at radius 1 is 1.03 bits per heavy atom. The molecule has 168 valence electrons. The molecule has 0 aliphatic rings. The standard InChI is InChI=1S/C23H25N9S/c1-5-6-19-25-20-14(2)24-23(31(3)4)26-22(20)32(19)11-15-7-9-16(10-8-15)17-12-33-13-18(17)21-27-29-30-28-21/h7-10,12-13H,5-6,11H2,1-4H3,(H,27,28,29,30). The third-order valence-corrected chi connectivity index (χ3v) is 6.31. The average molecular weight is 460 g/mol. The van der Waals surface area contributed by atoms with Crippen LogP contribution in [0.2, 0.25) is 0 Å². The number of rotatable bonds is 7. The molecule has 33 heavy (non-hydrogen) atoms. The first-order chi connectivity index (χ1) is 16.0. The Morgan fingerprint density at radius 2 is 1.82 bits per heavy atom. The number of nitrogens with zero attached hydrogens (tertiary/aromatic N) is 8. The first kappa shape index (κ1) is 21.2. The minimum atomic E-state index is 0.608. The molecule has 1 aromatic carbocycles. The highest BCUT2D eigenvalue weighted by atomic mass is 32.1. The number of hydrogen-bond acceptors (Lipinski definition) is 8. The van der Waals surface area contributed by atoms with Gasteiger partial charge in [-0.25, -0.2) is 9.97 Å². The predicted octanol–water partition coefficient (Wildman–Crippen LogP) is 4.11. The number of hydrogen-bond donors (Lipinski definition) is 1. The van der Waals surface area contributed by atoms with Crippen molar-refractivity contribution in [3.05, 3.63) is 52.1 Å². The molecule has 0 fully saturated rings. The van der Waals surface area contributed by atoms with Gasteiger partial charge in [-0.15, -0.1) is 10.2 Å². The van der Waals surface area contributed by atoms with Crippen LogP contribution in [0.5, 0.6) is 0 Å². The van der Waals surface area contributed by atoms with E-state index in [1.807, 2.05) is 31.3 Å². The molecule has 5 rings (SSSR count). The van der Waals surface area contributed by atoms with E-state index < -0.39 is 0 Å². The zero-order valence-electron chi connectivity index (χ0n) is 19.1. The number of nitrogens with one attached hydrogen (secondary N) is 1. The van der Waals surface area contributed by atoms with Crippen molar-refractivity contribution in [1.82, 2.24) is 40.1 Å². The van der Waals surface area contributed by atoms with Crippen LogP contribution in [0, 0.1) is 6.92 Å². The molecule has 0 spiro atoms. The van der Waals surface area contributed by atoms with Crippen molar-refractivity contribution in [3.8, 4) is 22.5 Å². The number of anilines is 1. The SMILES string of the molecule is CCCc1nc2c(C)nc(N(C)C)nc2n1Cc1ccc(-c2cscc2-c2nn[nH]n2)cc1. The quantitative estimate of drug-likeness (QED) is 0.391. The lowest BCUT2D eigenvalue weighted by molar-refractivity contribution is 0.716. The van der Waals surface area contributed by atoms with E-state index in [0.717, 1.165) is 52.2 Å². The molecule has 10 heteroatoms. The van der Waals surface area contributed by atoms with Gasteiger partial charge >= 0.3 is 0 Å². The number of imidazole rings is 1. The Balaban J connectivity index is 1.50. The molecule has 0 aliphatic carbocycles. The highest BCUT2D eigenvalue weighted by molar-refractivity contribution is 7.08. The van der Waals surface area contributed by atoms with Crippen LogP contribution in [-0.2, 0) is 13.0 Å². The summed E-state index contributed by atoms with van der Waals surface area (Å²) < 4.78 is 2.23. The first-order valence-corrected chi connectivity index (χ1v) is 11.8. The van der Waals surface area contributed by atoms with Crippen LogP contribution in [0.25, 0.3) is 33.7 Å². The predicted molar refractivity (Wildman–Crippen MR) is 130 cm³/mol. The van der Waals surface area contributed by atoms with E-state index in [1.165, 1.54) is 5.56 Å². The van der Waals surface area contributed by atoms with E-state index >= 15 is 0 Å². The third kappa shape index (κ3) is 3.97. The van der Waals surface area contributed by atoms with Crippen molar-refractivity contribution in [2.75, 3.05) is 19.0 Å². The number of benzene rings is 1. The second-order valence-corrected chi connectivity index (χ2v) is 8.91. The van der Waals surface area contributed by atoms with Crippen LogP contribution in [0.1, 0.15) is 30.4 Å². The second-order valence-electron chi connectivity index (χ2n) is 8.17. The van der Waals surface area contributed by atoms with Crippen molar-refractivity contribution in [2.45, 2.75) is 33.2 Å². The summed E-state index contributed by atoms with van der Waals surface area (Å²) in [6.45, 7) is 4.88. The van der Waals surface area contributed by atoms with Gasteiger partial charge in [0.05, 0.1) is 12.2 Å². The molecular formula is C23H25N9S. The van der Waals surface area contributed by atoms with Crippen LogP contribution in [0.15, 0.2) is 35.0 Å². The second kappa shape index (κ2) is 8.70. The van der Waals surface area contributed by atoms with Gasteiger partial charge in [-0.2, -0.15) is 21.5 Å². The molecule has 0 amide bonds. The topological polar surface area (TPSA) is 101 Å². The summed E-state index contributed by atoms with van der Waals surface area (Å²) in [5.74, 6) is 2.35. The van der Waals surface area contributed by atoms with Crippen LogP contribution >= 0.6 is 11.3 Å². The smallest absolute Gasteiger partial charge is 0.227 e. The Morgan fingerprint density at radius 3 is 2.52 bits per heavy atom. The number of aryl methyl sites for hydroxylation is 2. The van der Waals surface area contributed by atoms with Crippen LogP contribution < -0.4 is 4.90 Å². The van der Waals surface area contributed by atoms with Crippen LogP contribution in [0.4, 0.5) is 5.95 Å². The molecule has 4 heterocycles. The maximum atomic E-state index is 4.89. The van der Waals surface area contributed by atoms with Crippen molar-refractivity contribution in [1.29, 1.82) is 0 Å². The molecule has 0 aliphatic heterocycles. The molecule has 0 atom stereocenters. The Bertz CT molecular complexity index is 1380. The third-order valence-electron chi connectivity index (χ3n) is 5.56. The van der Waals surface area contributed by atoms with Gasteiger partial charge in [0.15, 0.2) is 5.65 Å². The molecule has 5 aromatic rings. The summed E-state index contributed by atoms with van der Waals surface area (Å²) >= 11 is 1.63. The molecule has 0 unspecified atom stereocenters. The molecule has 4 aromatic heterocycles. The van der Waals surface area contributed by atoms with E-state index in [4.69, 9.17) is 9.97 Å². The monoisotopic (exact) mass is 459 g/mol. The highest BCUT2D eigenvalue weighted by Gasteiger charge is 2.17. The number of fused-ring (bicyclic) bond motifs is 1. The lowest BCUT2D eigenvalue weighted by Crippen LogP contribution is -2.14. The van der Waals surface area contributed by atoms with E-state index in [1.54, 1.807) is 11.3 Å². The minimum Gasteiger partial charge on any atom is -0.347 e. The summed E-state index contributed by atoms with van der Waals surface area (Å²) in [5, 5.41) is 18.6. The fraction of sp³-hybridized carbons (Fsp3) is 0.304. The van der Waals surface area contributed by atoms with Gasteiger partial charge < -0.3 is 9.47 Å². The Labute approximate surface area is 195 Å². The number of thiophene rings is 1. The summed E-state index contributed by atoms with van der Waals surface area (Å²) in [5.41, 5.74) is 7.07. The average Bonchev–Trinajstić information content (AvgIpc) is 3.55. The van der Waals surface area contributed by atoms with Gasteiger partial charge in [0.2, 0.25) is 11.8 Å². The van der Waals surface area contributed by atoms with E-state index in [2.05, 4.69) is 66.7 Å². The number of aromatic amines is 1. The van der Waals surface area contributed by atoms with Crippen molar-refractivity contribution < 1.29 is 0 Å². The highest BCUT2D eigenvalue weighted by Crippen LogP contribution is 2.33. The fourth-order valence-corrected chi connectivity index (χ4v) is 4.73. The van der Waals surface area contributed by atoms with E-state index in [0.29, 0.717) is 18.3 Å². The van der Waals surface area contributed by atoms with Gasteiger partial charge in [0, 0.05) is 37.0 Å². The molecule has 0 bridgehead atoms. The summed E-state index contributed by atoms with van der Waals surface area (Å²) in [6, 6.07) is 8.61.